The monoisotopic (exact) mass is 356 g/mol. The maximum atomic E-state index is 12.4. The summed E-state index contributed by atoms with van der Waals surface area (Å²) < 4.78 is 4.93. The summed E-state index contributed by atoms with van der Waals surface area (Å²) in [4.78, 5) is 38.1. The zero-order valence-electron chi connectivity index (χ0n) is 15.6. The minimum Gasteiger partial charge on any atom is -0.383 e. The predicted octanol–water partition coefficient (Wildman–Crippen LogP) is 0.475. The Bertz CT molecular complexity index is 444. The molecule has 0 radical (unpaired) electrons. The number of carbonyl (C=O) groups is 3. The lowest BCUT2D eigenvalue weighted by Crippen LogP contribution is -2.48. The largest absolute Gasteiger partial charge is 0.383 e. The van der Waals surface area contributed by atoms with Crippen molar-refractivity contribution in [3.8, 4) is 0 Å². The lowest BCUT2D eigenvalue weighted by atomic mass is 9.96. The normalized spacial score (nSPS) is 21.7. The van der Waals surface area contributed by atoms with Crippen LogP contribution in [0.15, 0.2) is 0 Å². The van der Waals surface area contributed by atoms with Crippen LogP contribution in [0.3, 0.4) is 0 Å². The average molecular weight is 356 g/mol. The van der Waals surface area contributed by atoms with Crippen LogP contribution in [0, 0.1) is 5.92 Å². The van der Waals surface area contributed by atoms with Gasteiger partial charge in [0.2, 0.25) is 11.8 Å². The van der Waals surface area contributed by atoms with Crippen molar-refractivity contribution in [1.82, 2.24) is 20.9 Å². The van der Waals surface area contributed by atoms with E-state index in [0.29, 0.717) is 32.7 Å². The Morgan fingerprint density at radius 2 is 2.00 bits per heavy atom. The number of urea groups is 1. The first-order valence-electron chi connectivity index (χ1n) is 9.02. The number of nitrogens with one attached hydrogen (secondary N) is 3. The molecule has 0 spiro atoms. The maximum absolute atomic E-state index is 12.4. The van der Waals surface area contributed by atoms with E-state index in [-0.39, 0.29) is 36.2 Å². The first kappa shape index (κ1) is 21.2. The van der Waals surface area contributed by atoms with E-state index in [4.69, 9.17) is 4.74 Å². The van der Waals surface area contributed by atoms with Gasteiger partial charge in [-0.05, 0) is 19.3 Å². The number of rotatable bonds is 7. The number of nitrogens with zero attached hydrogens (tertiary/aromatic N) is 1. The highest BCUT2D eigenvalue weighted by Crippen LogP contribution is 2.18. The van der Waals surface area contributed by atoms with E-state index >= 15 is 0 Å². The van der Waals surface area contributed by atoms with Crippen molar-refractivity contribution in [2.45, 2.75) is 45.1 Å². The molecule has 0 saturated carbocycles. The van der Waals surface area contributed by atoms with Crippen molar-refractivity contribution >= 4 is 17.8 Å². The summed E-state index contributed by atoms with van der Waals surface area (Å²) in [6.45, 7) is 3.96. The van der Waals surface area contributed by atoms with E-state index in [1.54, 1.807) is 19.1 Å². The Balaban J connectivity index is 2.59. The molecule has 1 saturated heterocycles. The quantitative estimate of drug-likeness (QED) is 0.578. The van der Waals surface area contributed by atoms with Gasteiger partial charge in [0, 0.05) is 52.2 Å². The summed E-state index contributed by atoms with van der Waals surface area (Å²) in [7, 11) is 3.29. The van der Waals surface area contributed by atoms with E-state index in [0.717, 1.165) is 19.3 Å². The standard InChI is InChI=1S/C17H32N4O4/c1-4-8-19-17(24)20-14-7-5-6-13(11-15(22)21(2)12-14)16(23)18-9-10-25-3/h13-14H,4-12H2,1-3H3,(H,18,23)(H2,19,20,24). The lowest BCUT2D eigenvalue weighted by molar-refractivity contribution is -0.135. The summed E-state index contributed by atoms with van der Waals surface area (Å²) in [5.41, 5.74) is 0. The van der Waals surface area contributed by atoms with Gasteiger partial charge in [-0.25, -0.2) is 4.79 Å². The molecule has 0 bridgehead atoms. The van der Waals surface area contributed by atoms with E-state index < -0.39 is 0 Å². The fourth-order valence-electron chi connectivity index (χ4n) is 2.84. The van der Waals surface area contributed by atoms with E-state index in [1.807, 2.05) is 6.92 Å². The third-order valence-corrected chi connectivity index (χ3v) is 4.29. The number of likely N-dealkylation sites (N-methyl/N-ethyl adjacent to an activating group) is 1. The van der Waals surface area contributed by atoms with Crippen LogP contribution in [0.4, 0.5) is 4.79 Å². The van der Waals surface area contributed by atoms with Gasteiger partial charge in [0.15, 0.2) is 0 Å². The molecule has 1 aliphatic rings. The maximum Gasteiger partial charge on any atom is 0.315 e. The van der Waals surface area contributed by atoms with E-state index in [2.05, 4.69) is 16.0 Å². The highest BCUT2D eigenvalue weighted by Gasteiger charge is 2.27. The smallest absolute Gasteiger partial charge is 0.315 e. The summed E-state index contributed by atoms with van der Waals surface area (Å²) in [5.74, 6) is -0.514. The lowest BCUT2D eigenvalue weighted by Gasteiger charge is -2.24. The summed E-state index contributed by atoms with van der Waals surface area (Å²) in [6.07, 6.45) is 3.22. The Hall–Kier alpha value is -1.83. The molecule has 1 rings (SSSR count). The van der Waals surface area contributed by atoms with Crippen LogP contribution in [-0.4, -0.2) is 69.2 Å². The minimum absolute atomic E-state index is 0.0745. The summed E-state index contributed by atoms with van der Waals surface area (Å²) in [5, 5.41) is 8.52. The number of hydrogen-bond acceptors (Lipinski definition) is 4. The van der Waals surface area contributed by atoms with Gasteiger partial charge < -0.3 is 25.6 Å². The second-order valence-corrected chi connectivity index (χ2v) is 6.49. The van der Waals surface area contributed by atoms with Crippen LogP contribution in [0.2, 0.25) is 0 Å². The van der Waals surface area contributed by atoms with Gasteiger partial charge in [0.05, 0.1) is 6.61 Å². The zero-order valence-corrected chi connectivity index (χ0v) is 15.6. The Morgan fingerprint density at radius 1 is 1.24 bits per heavy atom. The van der Waals surface area contributed by atoms with E-state index in [9.17, 15) is 14.4 Å². The van der Waals surface area contributed by atoms with Crippen molar-refractivity contribution in [2.24, 2.45) is 5.92 Å². The second-order valence-electron chi connectivity index (χ2n) is 6.49. The Kier molecular flexibility index (Phi) is 9.91. The second kappa shape index (κ2) is 11.7. The van der Waals surface area contributed by atoms with Crippen molar-refractivity contribution in [2.75, 3.05) is 40.4 Å². The van der Waals surface area contributed by atoms with Gasteiger partial charge in [-0.15, -0.1) is 0 Å². The highest BCUT2D eigenvalue weighted by atomic mass is 16.5. The fourth-order valence-corrected chi connectivity index (χ4v) is 2.84. The first-order chi connectivity index (χ1) is 12.0. The van der Waals surface area contributed by atoms with Crippen LogP contribution in [0.25, 0.3) is 0 Å². The van der Waals surface area contributed by atoms with Crippen LogP contribution >= 0.6 is 0 Å². The number of hydrogen-bond donors (Lipinski definition) is 3. The van der Waals surface area contributed by atoms with Gasteiger partial charge >= 0.3 is 6.03 Å². The first-order valence-corrected chi connectivity index (χ1v) is 9.02. The molecule has 0 aromatic carbocycles. The average Bonchev–Trinajstić information content (AvgIpc) is 2.64. The Morgan fingerprint density at radius 3 is 2.68 bits per heavy atom. The van der Waals surface area contributed by atoms with Crippen LogP contribution in [0.5, 0.6) is 0 Å². The molecule has 8 nitrogen and oxygen atoms in total. The predicted molar refractivity (Wildman–Crippen MR) is 95.1 cm³/mol. The topological polar surface area (TPSA) is 99.8 Å². The van der Waals surface area contributed by atoms with Gasteiger partial charge in [-0.2, -0.15) is 0 Å². The fraction of sp³-hybridized carbons (Fsp3) is 0.824. The molecular weight excluding hydrogens is 324 g/mol. The molecule has 1 fully saturated rings. The van der Waals surface area contributed by atoms with Gasteiger partial charge in [-0.3, -0.25) is 9.59 Å². The van der Waals surface area contributed by atoms with Crippen LogP contribution in [0.1, 0.15) is 39.0 Å². The number of methoxy groups -OCH3 is 1. The third kappa shape index (κ3) is 8.20. The molecule has 2 atom stereocenters. The number of carbonyl (C=O) groups excluding carboxylic acids is 3. The SMILES string of the molecule is CCCNC(=O)NC1CCCC(C(=O)NCCOC)CC(=O)N(C)C1. The summed E-state index contributed by atoms with van der Waals surface area (Å²) in [6, 6.07) is -0.318. The van der Waals surface area contributed by atoms with Crippen molar-refractivity contribution in [1.29, 1.82) is 0 Å². The molecule has 144 valence electrons. The molecule has 0 aromatic heterocycles. The van der Waals surface area contributed by atoms with Gasteiger partial charge in [0.1, 0.15) is 0 Å². The molecule has 4 amide bonds. The third-order valence-electron chi connectivity index (χ3n) is 4.29. The molecule has 8 heteroatoms. The molecular formula is C17H32N4O4. The molecule has 3 N–H and O–H groups in total. The van der Waals surface area contributed by atoms with E-state index in [1.165, 1.54) is 0 Å². The molecule has 1 aliphatic heterocycles. The number of ether oxygens (including phenoxy) is 1. The summed E-state index contributed by atoms with van der Waals surface area (Å²) >= 11 is 0. The van der Waals surface area contributed by atoms with Crippen LogP contribution < -0.4 is 16.0 Å². The Labute approximate surface area is 150 Å². The van der Waals surface area contributed by atoms with Gasteiger partial charge in [0.25, 0.3) is 0 Å². The van der Waals surface area contributed by atoms with Gasteiger partial charge in [-0.1, -0.05) is 13.3 Å². The molecule has 2 unspecified atom stereocenters. The highest BCUT2D eigenvalue weighted by molar-refractivity contribution is 5.85. The molecule has 1 heterocycles. The molecule has 25 heavy (non-hydrogen) atoms. The van der Waals surface area contributed by atoms with Crippen LogP contribution in [-0.2, 0) is 14.3 Å². The number of amides is 4. The molecule has 0 aromatic rings. The molecule has 0 aliphatic carbocycles. The van der Waals surface area contributed by atoms with Crippen molar-refractivity contribution in [3.05, 3.63) is 0 Å². The minimum atomic E-state index is -0.334. The van der Waals surface area contributed by atoms with Crippen molar-refractivity contribution < 1.29 is 19.1 Å². The zero-order chi connectivity index (χ0) is 18.7. The van der Waals surface area contributed by atoms with Crippen molar-refractivity contribution in [3.63, 3.8) is 0 Å².